The minimum absolute atomic E-state index is 0.0895. The van der Waals surface area contributed by atoms with E-state index in [1.54, 1.807) is 24.3 Å². The van der Waals surface area contributed by atoms with Crippen molar-refractivity contribution in [2.24, 2.45) is 0 Å². The number of hydrogen-bond donors (Lipinski definition) is 4. The molecule has 3 atom stereocenters. The Bertz CT molecular complexity index is 1060. The lowest BCUT2D eigenvalue weighted by Crippen LogP contribution is -2.54. The Morgan fingerprint density at radius 3 is 2.71 bits per heavy atom. The Morgan fingerprint density at radius 2 is 1.97 bits per heavy atom. The van der Waals surface area contributed by atoms with Gasteiger partial charge in [0.1, 0.15) is 11.9 Å². The maximum absolute atomic E-state index is 14.2. The van der Waals surface area contributed by atoms with Gasteiger partial charge in [-0.2, -0.15) is 0 Å². The molecule has 182 valence electrons. The zero-order chi connectivity index (χ0) is 24.2. The molecule has 2 aromatic carbocycles. The second-order valence-corrected chi connectivity index (χ2v) is 9.47. The van der Waals surface area contributed by atoms with E-state index in [1.165, 1.54) is 12.1 Å². The van der Waals surface area contributed by atoms with Gasteiger partial charge in [-0.3, -0.25) is 19.8 Å². The molecule has 0 radical (unpaired) electrons. The molecule has 2 unspecified atom stereocenters. The average Bonchev–Trinajstić information content (AvgIpc) is 2.80. The number of halogens is 3. The van der Waals surface area contributed by atoms with Gasteiger partial charge in [-0.25, -0.2) is 4.39 Å². The maximum atomic E-state index is 14.2. The van der Waals surface area contributed by atoms with E-state index in [4.69, 9.17) is 23.2 Å². The summed E-state index contributed by atoms with van der Waals surface area (Å²) >= 11 is 12.2. The van der Waals surface area contributed by atoms with Crippen LogP contribution in [0.5, 0.6) is 0 Å². The summed E-state index contributed by atoms with van der Waals surface area (Å²) in [5, 5.41) is 12.8. The summed E-state index contributed by atoms with van der Waals surface area (Å²) in [7, 11) is 0. The molecule has 1 saturated heterocycles. The molecule has 2 heterocycles. The molecule has 2 aliphatic rings. The zero-order valence-corrected chi connectivity index (χ0v) is 20.3. The lowest BCUT2D eigenvalue weighted by molar-refractivity contribution is -0.128. The smallest absolute Gasteiger partial charge is 0.238 e. The molecular weight excluding hydrogens is 480 g/mol. The minimum atomic E-state index is -0.900. The van der Waals surface area contributed by atoms with Gasteiger partial charge >= 0.3 is 0 Å². The molecule has 4 N–H and O–H groups in total. The summed E-state index contributed by atoms with van der Waals surface area (Å²) in [6, 6.07) is 8.24. The van der Waals surface area contributed by atoms with Gasteiger partial charge in [-0.1, -0.05) is 35.3 Å². The highest BCUT2D eigenvalue weighted by molar-refractivity contribution is 6.31. The first-order chi connectivity index (χ1) is 16.3. The SMILES string of the molecule is CC1N[C@@H](C(=O)NCCN2CCNCC2)C(c2cccc(Cl)c2)C(=O)Nc2cc(Cl)c(F)cc21. The second-order valence-electron chi connectivity index (χ2n) is 8.62. The van der Waals surface area contributed by atoms with Crippen LogP contribution >= 0.6 is 23.2 Å². The van der Waals surface area contributed by atoms with E-state index in [-0.39, 0.29) is 10.9 Å². The highest BCUT2D eigenvalue weighted by atomic mass is 35.5. The fourth-order valence-electron chi connectivity index (χ4n) is 4.50. The molecule has 0 bridgehead atoms. The first kappa shape index (κ1) is 24.9. The highest BCUT2D eigenvalue weighted by Gasteiger charge is 2.38. The van der Waals surface area contributed by atoms with Crippen LogP contribution in [0.25, 0.3) is 0 Å². The van der Waals surface area contributed by atoms with Gasteiger partial charge in [-0.15, -0.1) is 0 Å². The topological polar surface area (TPSA) is 85.5 Å². The lowest BCUT2D eigenvalue weighted by atomic mass is 9.87. The van der Waals surface area contributed by atoms with E-state index >= 15 is 0 Å². The molecule has 0 saturated carbocycles. The number of rotatable bonds is 5. The predicted octanol–water partition coefficient (Wildman–Crippen LogP) is 2.91. The van der Waals surface area contributed by atoms with Crippen LogP contribution in [0.4, 0.5) is 10.1 Å². The molecular formula is C24H28Cl2FN5O2. The van der Waals surface area contributed by atoms with E-state index in [0.717, 1.165) is 32.7 Å². The summed E-state index contributed by atoms with van der Waals surface area (Å²) in [5.74, 6) is -2.17. The number of hydrogen-bond acceptors (Lipinski definition) is 5. The zero-order valence-electron chi connectivity index (χ0n) is 18.8. The summed E-state index contributed by atoms with van der Waals surface area (Å²) in [6.07, 6.45) is 0. The third kappa shape index (κ3) is 5.70. The quantitative estimate of drug-likeness (QED) is 0.499. The fraction of sp³-hybridized carbons (Fsp3) is 0.417. The van der Waals surface area contributed by atoms with E-state index in [1.807, 2.05) is 6.92 Å². The van der Waals surface area contributed by atoms with Crippen molar-refractivity contribution in [1.82, 2.24) is 20.9 Å². The lowest BCUT2D eigenvalue weighted by Gasteiger charge is -2.34. The van der Waals surface area contributed by atoms with E-state index in [2.05, 4.69) is 26.2 Å². The Hall–Kier alpha value is -2.23. The Morgan fingerprint density at radius 1 is 1.21 bits per heavy atom. The van der Waals surface area contributed by atoms with Gasteiger partial charge in [0, 0.05) is 56.0 Å². The van der Waals surface area contributed by atoms with Crippen molar-refractivity contribution in [2.75, 3.05) is 44.6 Å². The van der Waals surface area contributed by atoms with Crippen molar-refractivity contribution < 1.29 is 14.0 Å². The van der Waals surface area contributed by atoms with Gasteiger partial charge in [0.25, 0.3) is 0 Å². The normalized spacial score (nSPS) is 23.4. The van der Waals surface area contributed by atoms with Gasteiger partial charge < -0.3 is 16.0 Å². The standard InChI is InChI=1S/C24H28Cl2FN5O2/c1-14-17-12-19(27)18(26)13-20(17)31-23(33)21(15-3-2-4-16(25)11-15)22(30-14)24(34)29-7-10-32-8-5-28-6-9-32/h2-4,11-14,21-22,28,30H,5-10H2,1H3,(H,29,34)(H,31,33)/t14?,21?,22-/m1/s1. The monoisotopic (exact) mass is 507 g/mol. The Labute approximate surface area is 208 Å². The van der Waals surface area contributed by atoms with Gasteiger partial charge in [0.05, 0.1) is 10.9 Å². The molecule has 2 amide bonds. The molecule has 0 aliphatic carbocycles. The van der Waals surface area contributed by atoms with E-state index in [9.17, 15) is 14.0 Å². The summed E-state index contributed by atoms with van der Waals surface area (Å²) < 4.78 is 14.2. The van der Waals surface area contributed by atoms with Crippen molar-refractivity contribution in [3.05, 3.63) is 63.4 Å². The van der Waals surface area contributed by atoms with E-state index in [0.29, 0.717) is 28.4 Å². The van der Waals surface area contributed by atoms with Crippen molar-refractivity contribution in [3.63, 3.8) is 0 Å². The first-order valence-electron chi connectivity index (χ1n) is 11.4. The highest BCUT2D eigenvalue weighted by Crippen LogP contribution is 2.34. The molecule has 0 spiro atoms. The van der Waals surface area contributed by atoms with Gasteiger partial charge in [0.2, 0.25) is 11.8 Å². The van der Waals surface area contributed by atoms with Gasteiger partial charge in [-0.05, 0) is 42.3 Å². The third-order valence-corrected chi connectivity index (χ3v) is 6.81. The Kier molecular flexibility index (Phi) is 8.06. The number of nitrogens with one attached hydrogen (secondary N) is 4. The fourth-order valence-corrected chi connectivity index (χ4v) is 4.86. The number of carbonyl (C=O) groups excluding carboxylic acids is 2. The van der Waals surface area contributed by atoms with Gasteiger partial charge in [0.15, 0.2) is 0 Å². The van der Waals surface area contributed by atoms with Crippen LogP contribution in [0.2, 0.25) is 10.0 Å². The number of fused-ring (bicyclic) bond motifs is 1. The maximum Gasteiger partial charge on any atom is 0.238 e. The largest absolute Gasteiger partial charge is 0.353 e. The summed E-state index contributed by atoms with van der Waals surface area (Å²) in [4.78, 5) is 29.1. The van der Waals surface area contributed by atoms with Crippen LogP contribution in [0.3, 0.4) is 0 Å². The molecule has 0 aromatic heterocycles. The molecule has 1 fully saturated rings. The van der Waals surface area contributed by atoms with Crippen LogP contribution in [-0.4, -0.2) is 62.0 Å². The predicted molar refractivity (Wildman–Crippen MR) is 132 cm³/mol. The summed E-state index contributed by atoms with van der Waals surface area (Å²) in [5.41, 5.74) is 1.52. The molecule has 4 rings (SSSR count). The van der Waals surface area contributed by atoms with Crippen molar-refractivity contribution >= 4 is 40.7 Å². The number of carbonyl (C=O) groups is 2. The molecule has 2 aliphatic heterocycles. The molecule has 2 aromatic rings. The number of nitrogens with zero attached hydrogens (tertiary/aromatic N) is 1. The number of piperazine rings is 1. The van der Waals surface area contributed by atoms with Crippen molar-refractivity contribution in [2.45, 2.75) is 24.9 Å². The average molecular weight is 508 g/mol. The molecule has 34 heavy (non-hydrogen) atoms. The van der Waals surface area contributed by atoms with Crippen LogP contribution in [0, 0.1) is 5.82 Å². The van der Waals surface area contributed by atoms with Crippen LogP contribution < -0.4 is 21.3 Å². The second kappa shape index (κ2) is 11.0. The molecule has 10 heteroatoms. The molecule has 7 nitrogen and oxygen atoms in total. The van der Waals surface area contributed by atoms with Crippen molar-refractivity contribution in [3.8, 4) is 0 Å². The third-order valence-electron chi connectivity index (χ3n) is 6.29. The van der Waals surface area contributed by atoms with E-state index < -0.39 is 29.7 Å². The number of amides is 2. The van der Waals surface area contributed by atoms with Crippen molar-refractivity contribution in [1.29, 1.82) is 0 Å². The van der Waals surface area contributed by atoms with Crippen LogP contribution in [0.1, 0.15) is 30.0 Å². The number of benzene rings is 2. The van der Waals surface area contributed by atoms with Crippen LogP contribution in [0.15, 0.2) is 36.4 Å². The first-order valence-corrected chi connectivity index (χ1v) is 12.1. The number of anilines is 1. The van der Waals surface area contributed by atoms with Crippen LogP contribution in [-0.2, 0) is 9.59 Å². The summed E-state index contributed by atoms with van der Waals surface area (Å²) in [6.45, 7) is 6.69. The minimum Gasteiger partial charge on any atom is -0.353 e. The Balaban J connectivity index is 1.62.